The number of aryl methyl sites for hydroxylation is 2. The number of rotatable bonds is 5. The molecule has 1 aromatic heterocycles. The lowest BCUT2D eigenvalue weighted by Crippen LogP contribution is -2.35. The minimum atomic E-state index is -0.937. The van der Waals surface area contributed by atoms with Crippen molar-refractivity contribution in [2.24, 2.45) is 0 Å². The number of hydrogen-bond donors (Lipinski definition) is 2. The Bertz CT molecular complexity index is 967. The van der Waals surface area contributed by atoms with E-state index in [4.69, 9.17) is 5.11 Å². The highest BCUT2D eigenvalue weighted by Gasteiger charge is 2.15. The number of aliphatic hydroxyl groups is 2. The summed E-state index contributed by atoms with van der Waals surface area (Å²) in [4.78, 5) is 18.4. The van der Waals surface area contributed by atoms with E-state index in [0.717, 1.165) is 22.0 Å². The molecule has 0 saturated carbocycles. The molecule has 5 nitrogen and oxygen atoms in total. The summed E-state index contributed by atoms with van der Waals surface area (Å²) in [5.74, 6) is -0.194. The van der Waals surface area contributed by atoms with Crippen LogP contribution in [0.25, 0.3) is 22.0 Å². The van der Waals surface area contributed by atoms with E-state index < -0.39 is 6.10 Å². The van der Waals surface area contributed by atoms with E-state index in [2.05, 4.69) is 31.0 Å². The number of pyridine rings is 1. The Morgan fingerprint density at radius 1 is 1.11 bits per heavy atom. The quantitative estimate of drug-likeness (QED) is 0.730. The first-order chi connectivity index (χ1) is 12.9. The first-order valence-electron chi connectivity index (χ1n) is 8.92. The van der Waals surface area contributed by atoms with Gasteiger partial charge in [-0.05, 0) is 54.3 Å². The summed E-state index contributed by atoms with van der Waals surface area (Å²) in [7, 11) is 1.61. The highest BCUT2D eigenvalue weighted by Crippen LogP contribution is 2.30. The van der Waals surface area contributed by atoms with Gasteiger partial charge in [-0.3, -0.25) is 9.78 Å². The van der Waals surface area contributed by atoms with Crippen LogP contribution in [0.15, 0.2) is 48.7 Å². The normalized spacial score (nSPS) is 12.2. The lowest BCUT2D eigenvalue weighted by molar-refractivity contribution is 0.0520. The third kappa shape index (κ3) is 3.84. The maximum absolute atomic E-state index is 12.5. The number of amides is 1. The molecule has 0 radical (unpaired) electrons. The van der Waals surface area contributed by atoms with Crippen LogP contribution in [0.3, 0.4) is 0 Å². The molecule has 3 aromatic rings. The largest absolute Gasteiger partial charge is 0.394 e. The monoisotopic (exact) mass is 364 g/mol. The van der Waals surface area contributed by atoms with Crippen molar-refractivity contribution in [2.75, 3.05) is 20.2 Å². The molecule has 1 unspecified atom stereocenters. The summed E-state index contributed by atoms with van der Waals surface area (Å²) in [5, 5.41) is 19.5. The molecule has 2 aromatic carbocycles. The molecule has 0 aliphatic rings. The zero-order valence-corrected chi connectivity index (χ0v) is 15.8. The van der Waals surface area contributed by atoms with Gasteiger partial charge in [-0.1, -0.05) is 24.3 Å². The van der Waals surface area contributed by atoms with E-state index in [0.29, 0.717) is 5.56 Å². The van der Waals surface area contributed by atoms with Gasteiger partial charge < -0.3 is 15.1 Å². The van der Waals surface area contributed by atoms with E-state index in [9.17, 15) is 9.90 Å². The van der Waals surface area contributed by atoms with Crippen molar-refractivity contribution in [2.45, 2.75) is 20.0 Å². The van der Waals surface area contributed by atoms with Gasteiger partial charge in [0.2, 0.25) is 0 Å². The lowest BCUT2D eigenvalue weighted by atomic mass is 9.97. The number of hydrogen-bond acceptors (Lipinski definition) is 4. The molecule has 0 aliphatic heterocycles. The molecule has 5 heteroatoms. The Balaban J connectivity index is 1.91. The van der Waals surface area contributed by atoms with Crippen LogP contribution in [-0.4, -0.2) is 52.3 Å². The van der Waals surface area contributed by atoms with Crippen LogP contribution < -0.4 is 0 Å². The fourth-order valence-electron chi connectivity index (χ4n) is 3.18. The minimum absolute atomic E-state index is 0.0880. The predicted octanol–water partition coefficient (Wildman–Crippen LogP) is 2.94. The highest BCUT2D eigenvalue weighted by molar-refractivity contribution is 5.98. The second kappa shape index (κ2) is 7.86. The summed E-state index contributed by atoms with van der Waals surface area (Å²) in [5.41, 5.74) is 6.00. The van der Waals surface area contributed by atoms with Gasteiger partial charge >= 0.3 is 0 Å². The Hall–Kier alpha value is -2.76. The van der Waals surface area contributed by atoms with Crippen molar-refractivity contribution < 1.29 is 15.0 Å². The van der Waals surface area contributed by atoms with Crippen LogP contribution in [0.1, 0.15) is 21.5 Å². The average Bonchev–Trinajstić information content (AvgIpc) is 2.69. The SMILES string of the molecule is Cc1ccc2c(-c3ccc(C(=O)N(C)CC(O)CO)cc3)ccnc2c1C. The molecule has 27 heavy (non-hydrogen) atoms. The van der Waals surface area contributed by atoms with Gasteiger partial charge in [0, 0.05) is 30.7 Å². The van der Waals surface area contributed by atoms with Crippen molar-refractivity contribution in [3.05, 3.63) is 65.4 Å². The van der Waals surface area contributed by atoms with Gasteiger partial charge in [0.25, 0.3) is 5.91 Å². The van der Waals surface area contributed by atoms with Gasteiger partial charge in [-0.15, -0.1) is 0 Å². The van der Waals surface area contributed by atoms with Crippen LogP contribution in [-0.2, 0) is 0 Å². The summed E-state index contributed by atoms with van der Waals surface area (Å²) >= 11 is 0. The molecule has 1 heterocycles. The lowest BCUT2D eigenvalue weighted by Gasteiger charge is -2.20. The first kappa shape index (κ1) is 19.0. The molecule has 2 N–H and O–H groups in total. The number of aliphatic hydroxyl groups excluding tert-OH is 2. The Morgan fingerprint density at radius 3 is 2.48 bits per heavy atom. The third-order valence-corrected chi connectivity index (χ3v) is 4.92. The minimum Gasteiger partial charge on any atom is -0.394 e. The number of likely N-dealkylation sites (N-methyl/N-ethyl adjacent to an activating group) is 1. The smallest absolute Gasteiger partial charge is 0.253 e. The van der Waals surface area contributed by atoms with Gasteiger partial charge in [-0.25, -0.2) is 0 Å². The van der Waals surface area contributed by atoms with Crippen LogP contribution in [0.5, 0.6) is 0 Å². The van der Waals surface area contributed by atoms with Gasteiger partial charge in [0.15, 0.2) is 0 Å². The Labute approximate surface area is 158 Å². The third-order valence-electron chi connectivity index (χ3n) is 4.92. The van der Waals surface area contributed by atoms with Gasteiger partial charge in [-0.2, -0.15) is 0 Å². The van der Waals surface area contributed by atoms with E-state index in [1.165, 1.54) is 16.0 Å². The average molecular weight is 364 g/mol. The molecule has 1 atom stereocenters. The van der Waals surface area contributed by atoms with Gasteiger partial charge in [0.1, 0.15) is 0 Å². The van der Waals surface area contributed by atoms with Crippen LogP contribution in [0, 0.1) is 13.8 Å². The maximum atomic E-state index is 12.5. The topological polar surface area (TPSA) is 73.7 Å². The molecule has 1 amide bonds. The molecule has 140 valence electrons. The summed E-state index contributed by atoms with van der Waals surface area (Å²) < 4.78 is 0. The zero-order chi connectivity index (χ0) is 19.6. The van der Waals surface area contributed by atoms with E-state index in [1.54, 1.807) is 19.2 Å². The predicted molar refractivity (Wildman–Crippen MR) is 107 cm³/mol. The maximum Gasteiger partial charge on any atom is 0.253 e. The van der Waals surface area contributed by atoms with Crippen molar-refractivity contribution in [3.63, 3.8) is 0 Å². The fourth-order valence-corrected chi connectivity index (χ4v) is 3.18. The number of carbonyl (C=O) groups excluding carboxylic acids is 1. The number of aromatic nitrogens is 1. The van der Waals surface area contributed by atoms with E-state index >= 15 is 0 Å². The summed E-state index contributed by atoms with van der Waals surface area (Å²) in [6.45, 7) is 3.87. The molecule has 0 spiro atoms. The van der Waals surface area contributed by atoms with Crippen molar-refractivity contribution >= 4 is 16.8 Å². The van der Waals surface area contributed by atoms with Crippen molar-refractivity contribution in [3.8, 4) is 11.1 Å². The molecular formula is C22H24N2O3. The number of fused-ring (bicyclic) bond motifs is 1. The number of carbonyl (C=O) groups is 1. The second-order valence-corrected chi connectivity index (χ2v) is 6.86. The Morgan fingerprint density at radius 2 is 1.81 bits per heavy atom. The van der Waals surface area contributed by atoms with Crippen LogP contribution in [0.2, 0.25) is 0 Å². The number of benzene rings is 2. The Kier molecular flexibility index (Phi) is 5.54. The number of nitrogens with zero attached hydrogens (tertiary/aromatic N) is 2. The van der Waals surface area contributed by atoms with Crippen LogP contribution >= 0.6 is 0 Å². The summed E-state index contributed by atoms with van der Waals surface area (Å²) in [6, 6.07) is 13.6. The fraction of sp³-hybridized carbons (Fsp3) is 0.273. The van der Waals surface area contributed by atoms with Gasteiger partial charge in [0.05, 0.1) is 18.2 Å². The second-order valence-electron chi connectivity index (χ2n) is 6.86. The van der Waals surface area contributed by atoms with E-state index in [-0.39, 0.29) is 19.1 Å². The molecule has 0 bridgehead atoms. The molecule has 0 aliphatic carbocycles. The zero-order valence-electron chi connectivity index (χ0n) is 15.8. The molecule has 0 saturated heterocycles. The molecule has 0 fully saturated rings. The van der Waals surface area contributed by atoms with Crippen molar-refractivity contribution in [1.29, 1.82) is 0 Å². The van der Waals surface area contributed by atoms with Crippen LogP contribution in [0.4, 0.5) is 0 Å². The first-order valence-corrected chi connectivity index (χ1v) is 8.92. The molecule has 3 rings (SSSR count). The molecular weight excluding hydrogens is 340 g/mol. The van der Waals surface area contributed by atoms with E-state index in [1.807, 2.05) is 24.4 Å². The standard InChI is InChI=1S/C22H24N2O3/c1-14-4-9-20-19(10-11-23-21(20)15(14)2)16-5-7-17(8-6-16)22(27)24(3)12-18(26)13-25/h4-11,18,25-26H,12-13H2,1-3H3. The summed E-state index contributed by atoms with van der Waals surface area (Å²) in [6.07, 6.45) is 0.876. The highest BCUT2D eigenvalue weighted by atomic mass is 16.3. The van der Waals surface area contributed by atoms with Crippen molar-refractivity contribution in [1.82, 2.24) is 9.88 Å².